The van der Waals surface area contributed by atoms with Gasteiger partial charge in [-0.3, -0.25) is 9.59 Å². The van der Waals surface area contributed by atoms with Gasteiger partial charge in [-0.25, -0.2) is 9.37 Å². The molecular formula is C24H25FN4O4. The lowest BCUT2D eigenvalue weighted by atomic mass is 10.0. The lowest BCUT2D eigenvalue weighted by molar-refractivity contribution is -0.138. The van der Waals surface area contributed by atoms with Crippen LogP contribution in [0.15, 0.2) is 36.5 Å². The van der Waals surface area contributed by atoms with E-state index in [0.29, 0.717) is 31.0 Å². The number of carbonyl (C=O) groups excluding carboxylic acids is 2. The highest BCUT2D eigenvalue weighted by molar-refractivity contribution is 5.94. The molecular weight excluding hydrogens is 427 g/mol. The van der Waals surface area contributed by atoms with Crippen LogP contribution in [0.1, 0.15) is 18.4 Å². The van der Waals surface area contributed by atoms with Crippen molar-refractivity contribution in [3.63, 3.8) is 0 Å². The molecule has 2 N–H and O–H groups in total. The molecule has 172 valence electrons. The molecule has 2 heterocycles. The number of benzene rings is 1. The van der Waals surface area contributed by atoms with Crippen LogP contribution in [0.25, 0.3) is 11.1 Å². The third-order valence-electron chi connectivity index (χ3n) is 6.06. The molecule has 0 bridgehead atoms. The minimum atomic E-state index is -1.34. The summed E-state index contributed by atoms with van der Waals surface area (Å²) in [4.78, 5) is 29.3. The predicted octanol–water partition coefficient (Wildman–Crippen LogP) is 2.47. The number of ether oxygens (including phenoxy) is 1. The van der Waals surface area contributed by atoms with Gasteiger partial charge in [0.25, 0.3) is 0 Å². The quantitative estimate of drug-likeness (QED) is 0.696. The zero-order valence-electron chi connectivity index (χ0n) is 18.2. The zero-order chi connectivity index (χ0) is 23.5. The van der Waals surface area contributed by atoms with Crippen molar-refractivity contribution >= 4 is 17.6 Å². The summed E-state index contributed by atoms with van der Waals surface area (Å²) in [6, 6.07) is 11.2. The number of aliphatic hydroxyl groups is 1. The molecule has 1 saturated heterocycles. The number of nitrogens with one attached hydrogen (secondary N) is 1. The monoisotopic (exact) mass is 452 g/mol. The number of anilines is 1. The largest absolute Gasteiger partial charge is 0.487 e. The van der Waals surface area contributed by atoms with E-state index in [4.69, 9.17) is 15.1 Å². The molecule has 1 aromatic carbocycles. The molecule has 0 spiro atoms. The fourth-order valence-corrected chi connectivity index (χ4v) is 3.99. The Kier molecular flexibility index (Phi) is 6.56. The summed E-state index contributed by atoms with van der Waals surface area (Å²) in [5, 5.41) is 20.6. The molecule has 1 saturated carbocycles. The number of halogens is 1. The van der Waals surface area contributed by atoms with Crippen molar-refractivity contribution in [1.29, 1.82) is 5.26 Å². The van der Waals surface area contributed by atoms with E-state index in [-0.39, 0.29) is 24.3 Å². The normalized spacial score (nSPS) is 24.0. The Hall–Kier alpha value is -3.51. The number of aromatic nitrogens is 1. The standard InChI is InChI=1S/C24H25FN4O4/c1-14-8-15(16-4-6-27-22(10-16)28-24(32)18-9-17(18)11-26)2-3-20(14)33-21-5-7-29(12-19(21)25)23(31)13-30/h2-4,6,8,10,17-19,21,30H,5,7,9,12-13H2,1H3,(H,27,28,32). The maximum Gasteiger partial charge on any atom is 0.248 e. The van der Waals surface area contributed by atoms with Gasteiger partial charge in [-0.2, -0.15) is 5.26 Å². The first kappa shape index (κ1) is 22.7. The van der Waals surface area contributed by atoms with Crippen LogP contribution in [0.3, 0.4) is 0 Å². The number of aliphatic hydroxyl groups excluding tert-OH is 1. The van der Waals surface area contributed by atoms with E-state index in [1.165, 1.54) is 4.90 Å². The van der Waals surface area contributed by atoms with E-state index in [2.05, 4.69) is 16.4 Å². The first-order valence-electron chi connectivity index (χ1n) is 10.9. The highest BCUT2D eigenvalue weighted by Crippen LogP contribution is 2.38. The van der Waals surface area contributed by atoms with Gasteiger partial charge in [0.2, 0.25) is 11.8 Å². The minimum Gasteiger partial charge on any atom is -0.487 e. The second-order valence-corrected chi connectivity index (χ2v) is 8.44. The minimum absolute atomic E-state index is 0.0946. The van der Waals surface area contributed by atoms with Crippen LogP contribution in [0, 0.1) is 30.1 Å². The van der Waals surface area contributed by atoms with Crippen LogP contribution in [-0.4, -0.2) is 58.8 Å². The number of carbonyl (C=O) groups is 2. The van der Waals surface area contributed by atoms with Gasteiger partial charge in [-0.05, 0) is 54.3 Å². The third kappa shape index (κ3) is 5.12. The maximum absolute atomic E-state index is 14.6. The smallest absolute Gasteiger partial charge is 0.248 e. The Balaban J connectivity index is 1.41. The van der Waals surface area contributed by atoms with Crippen molar-refractivity contribution in [2.45, 2.75) is 32.0 Å². The topological polar surface area (TPSA) is 116 Å². The third-order valence-corrected chi connectivity index (χ3v) is 6.06. The van der Waals surface area contributed by atoms with Crippen LogP contribution in [-0.2, 0) is 9.59 Å². The number of likely N-dealkylation sites (tertiary alicyclic amines) is 1. The molecule has 2 aromatic rings. The molecule has 2 fully saturated rings. The van der Waals surface area contributed by atoms with Gasteiger partial charge >= 0.3 is 0 Å². The number of aryl methyl sites for hydroxylation is 1. The molecule has 1 aliphatic heterocycles. The van der Waals surface area contributed by atoms with Crippen molar-refractivity contribution in [2.75, 3.05) is 25.0 Å². The highest BCUT2D eigenvalue weighted by Gasteiger charge is 2.43. The van der Waals surface area contributed by atoms with Gasteiger partial charge < -0.3 is 20.1 Å². The van der Waals surface area contributed by atoms with Gasteiger partial charge in [-0.15, -0.1) is 0 Å². The summed E-state index contributed by atoms with van der Waals surface area (Å²) in [6.45, 7) is 1.49. The molecule has 9 heteroatoms. The van der Waals surface area contributed by atoms with Crippen LogP contribution in [0.5, 0.6) is 5.75 Å². The second kappa shape index (κ2) is 9.55. The van der Waals surface area contributed by atoms with Crippen molar-refractivity contribution in [3.05, 3.63) is 42.1 Å². The molecule has 8 nitrogen and oxygen atoms in total. The number of piperidine rings is 1. The summed E-state index contributed by atoms with van der Waals surface area (Å²) >= 11 is 0. The average Bonchev–Trinajstić information content (AvgIpc) is 3.61. The van der Waals surface area contributed by atoms with Gasteiger partial charge in [0.1, 0.15) is 24.3 Å². The number of nitrogens with zero attached hydrogens (tertiary/aromatic N) is 3. The summed E-state index contributed by atoms with van der Waals surface area (Å²) < 4.78 is 20.5. The first-order chi connectivity index (χ1) is 15.9. The van der Waals surface area contributed by atoms with Gasteiger partial charge in [-0.1, -0.05) is 6.07 Å². The van der Waals surface area contributed by atoms with Crippen molar-refractivity contribution in [3.8, 4) is 22.9 Å². The summed E-state index contributed by atoms with van der Waals surface area (Å²) in [5.41, 5.74) is 2.56. The van der Waals surface area contributed by atoms with E-state index < -0.39 is 24.8 Å². The summed E-state index contributed by atoms with van der Waals surface area (Å²) in [7, 11) is 0. The molecule has 2 amide bonds. The second-order valence-electron chi connectivity index (χ2n) is 8.44. The zero-order valence-corrected chi connectivity index (χ0v) is 18.2. The van der Waals surface area contributed by atoms with E-state index >= 15 is 0 Å². The van der Waals surface area contributed by atoms with Crippen molar-refractivity contribution < 1.29 is 23.8 Å². The van der Waals surface area contributed by atoms with E-state index in [1.54, 1.807) is 18.3 Å². The summed E-state index contributed by atoms with van der Waals surface area (Å²) in [5.74, 6) is -0.178. The fraction of sp³-hybridized carbons (Fsp3) is 0.417. The fourth-order valence-electron chi connectivity index (χ4n) is 3.99. The lowest BCUT2D eigenvalue weighted by Crippen LogP contribution is -2.50. The number of nitriles is 1. The van der Waals surface area contributed by atoms with Crippen LogP contribution in [0.4, 0.5) is 10.2 Å². The van der Waals surface area contributed by atoms with Gasteiger partial charge in [0.05, 0.1) is 24.4 Å². The first-order valence-corrected chi connectivity index (χ1v) is 10.9. The van der Waals surface area contributed by atoms with Gasteiger partial charge in [0.15, 0.2) is 6.17 Å². The Bertz CT molecular complexity index is 1100. The number of amides is 2. The number of alkyl halides is 1. The van der Waals surface area contributed by atoms with Gasteiger partial charge in [0, 0.05) is 19.2 Å². The maximum atomic E-state index is 14.6. The van der Waals surface area contributed by atoms with E-state index in [0.717, 1.165) is 16.7 Å². The Labute approximate surface area is 191 Å². The van der Waals surface area contributed by atoms with Crippen LogP contribution in [0.2, 0.25) is 0 Å². The number of rotatable bonds is 6. The average molecular weight is 452 g/mol. The molecule has 0 radical (unpaired) electrons. The number of hydrogen-bond donors (Lipinski definition) is 2. The molecule has 33 heavy (non-hydrogen) atoms. The predicted molar refractivity (Wildman–Crippen MR) is 118 cm³/mol. The molecule has 1 aromatic heterocycles. The molecule has 1 aliphatic carbocycles. The number of hydrogen-bond acceptors (Lipinski definition) is 6. The molecule has 4 atom stereocenters. The SMILES string of the molecule is Cc1cc(-c2ccnc(NC(=O)C3CC3C#N)c2)ccc1OC1CCN(C(=O)CO)CC1F. The molecule has 4 unspecified atom stereocenters. The Morgan fingerprint density at radius 3 is 2.79 bits per heavy atom. The summed E-state index contributed by atoms with van der Waals surface area (Å²) in [6.07, 6.45) is 0.523. The lowest BCUT2D eigenvalue weighted by Gasteiger charge is -2.34. The van der Waals surface area contributed by atoms with Crippen LogP contribution >= 0.6 is 0 Å². The Morgan fingerprint density at radius 2 is 2.12 bits per heavy atom. The Morgan fingerprint density at radius 1 is 1.33 bits per heavy atom. The highest BCUT2D eigenvalue weighted by atomic mass is 19.1. The molecule has 4 rings (SSSR count). The van der Waals surface area contributed by atoms with Crippen molar-refractivity contribution in [1.82, 2.24) is 9.88 Å². The number of pyridine rings is 1. The van der Waals surface area contributed by atoms with Crippen LogP contribution < -0.4 is 10.1 Å². The molecule has 2 aliphatic rings. The van der Waals surface area contributed by atoms with E-state index in [1.807, 2.05) is 25.1 Å². The van der Waals surface area contributed by atoms with E-state index in [9.17, 15) is 14.0 Å². The van der Waals surface area contributed by atoms with Crippen molar-refractivity contribution in [2.24, 2.45) is 11.8 Å².